The van der Waals surface area contributed by atoms with Crippen molar-refractivity contribution in [1.82, 2.24) is 0 Å². The fourth-order valence-electron chi connectivity index (χ4n) is 2.80. The van der Waals surface area contributed by atoms with Crippen molar-refractivity contribution >= 4 is 12.2 Å². The predicted octanol–water partition coefficient (Wildman–Crippen LogP) is 5.11. The minimum atomic E-state index is 0.906. The topological polar surface area (TPSA) is 18.5 Å². The molecule has 0 aliphatic rings. The maximum atomic E-state index is 5.32. The van der Waals surface area contributed by atoms with Gasteiger partial charge in [0, 0.05) is 0 Å². The molecular weight excluding hydrogens is 272 g/mol. The van der Waals surface area contributed by atoms with E-state index in [0.717, 1.165) is 11.5 Å². The monoisotopic (exact) mass is 296 g/mol. The zero-order chi connectivity index (χ0) is 16.3. The summed E-state index contributed by atoms with van der Waals surface area (Å²) in [6.45, 7) is 8.46. The van der Waals surface area contributed by atoms with Crippen molar-refractivity contribution in [2.45, 2.75) is 27.7 Å². The van der Waals surface area contributed by atoms with Gasteiger partial charge >= 0.3 is 0 Å². The Hall–Kier alpha value is -2.22. The first-order valence-electron chi connectivity index (χ1n) is 7.44. The second-order valence-corrected chi connectivity index (χ2v) is 5.68. The molecule has 2 aromatic carbocycles. The average molecular weight is 296 g/mol. The highest BCUT2D eigenvalue weighted by molar-refractivity contribution is 5.76. The maximum Gasteiger partial charge on any atom is 0.119 e. The van der Waals surface area contributed by atoms with Gasteiger partial charge in [-0.05, 0) is 85.3 Å². The first-order chi connectivity index (χ1) is 10.5. The van der Waals surface area contributed by atoms with E-state index in [2.05, 4.69) is 64.1 Å². The van der Waals surface area contributed by atoms with Crippen LogP contribution in [0.4, 0.5) is 0 Å². The molecule has 0 bridgehead atoms. The zero-order valence-electron chi connectivity index (χ0n) is 14.3. The molecule has 0 saturated heterocycles. The van der Waals surface area contributed by atoms with Gasteiger partial charge in [-0.2, -0.15) is 0 Å². The fraction of sp³-hybridized carbons (Fsp3) is 0.300. The quantitative estimate of drug-likeness (QED) is 0.730. The summed E-state index contributed by atoms with van der Waals surface area (Å²) in [6, 6.07) is 8.28. The van der Waals surface area contributed by atoms with Crippen LogP contribution in [-0.2, 0) is 0 Å². The van der Waals surface area contributed by atoms with Gasteiger partial charge in [-0.3, -0.25) is 0 Å². The first-order valence-corrected chi connectivity index (χ1v) is 7.44. The standard InChI is InChI=1S/C20H24O2/c1-13-9-17(21-5)10-14(2)19(13)7-8-20-15(3)11-18(22-6)12-16(20)4/h7-12H,1-6H3/b8-7+. The molecule has 0 radical (unpaired) electrons. The molecule has 0 saturated carbocycles. The van der Waals surface area contributed by atoms with E-state index in [1.807, 2.05) is 0 Å². The minimum absolute atomic E-state index is 0.906. The van der Waals surface area contributed by atoms with Crippen LogP contribution in [-0.4, -0.2) is 14.2 Å². The van der Waals surface area contributed by atoms with Crippen LogP contribution in [0, 0.1) is 27.7 Å². The van der Waals surface area contributed by atoms with Gasteiger partial charge < -0.3 is 9.47 Å². The summed E-state index contributed by atoms with van der Waals surface area (Å²) < 4.78 is 10.6. The molecule has 0 heterocycles. The van der Waals surface area contributed by atoms with Crippen LogP contribution in [0.2, 0.25) is 0 Å². The van der Waals surface area contributed by atoms with Gasteiger partial charge in [0.05, 0.1) is 14.2 Å². The molecule has 0 aliphatic heterocycles. The van der Waals surface area contributed by atoms with Gasteiger partial charge in [-0.15, -0.1) is 0 Å². The lowest BCUT2D eigenvalue weighted by atomic mass is 9.98. The van der Waals surface area contributed by atoms with Crippen molar-refractivity contribution in [3.05, 3.63) is 57.6 Å². The SMILES string of the molecule is COc1cc(C)c(/C=C/c2c(C)cc(OC)cc2C)c(C)c1. The van der Waals surface area contributed by atoms with Crippen molar-refractivity contribution in [1.29, 1.82) is 0 Å². The lowest BCUT2D eigenvalue weighted by molar-refractivity contribution is 0.414. The van der Waals surface area contributed by atoms with Crippen LogP contribution >= 0.6 is 0 Å². The van der Waals surface area contributed by atoms with Crippen LogP contribution in [0.25, 0.3) is 12.2 Å². The van der Waals surface area contributed by atoms with Gasteiger partial charge in [-0.25, -0.2) is 0 Å². The smallest absolute Gasteiger partial charge is 0.119 e. The molecule has 2 heteroatoms. The van der Waals surface area contributed by atoms with Crippen molar-refractivity contribution in [2.24, 2.45) is 0 Å². The van der Waals surface area contributed by atoms with Crippen LogP contribution in [0.3, 0.4) is 0 Å². The van der Waals surface area contributed by atoms with E-state index in [4.69, 9.17) is 9.47 Å². The number of methoxy groups -OCH3 is 2. The molecule has 0 atom stereocenters. The fourth-order valence-corrected chi connectivity index (χ4v) is 2.80. The van der Waals surface area contributed by atoms with Crippen molar-refractivity contribution < 1.29 is 9.47 Å². The normalized spacial score (nSPS) is 11.0. The van der Waals surface area contributed by atoms with E-state index < -0.39 is 0 Å². The van der Waals surface area contributed by atoms with Crippen molar-refractivity contribution in [2.75, 3.05) is 14.2 Å². The second kappa shape index (κ2) is 6.69. The molecule has 22 heavy (non-hydrogen) atoms. The van der Waals surface area contributed by atoms with Gasteiger partial charge in [0.25, 0.3) is 0 Å². The predicted molar refractivity (Wildman–Crippen MR) is 93.9 cm³/mol. The Kier molecular flexibility index (Phi) is 4.92. The van der Waals surface area contributed by atoms with Gasteiger partial charge in [0.15, 0.2) is 0 Å². The molecule has 0 unspecified atom stereocenters. The van der Waals surface area contributed by atoms with E-state index in [1.54, 1.807) is 14.2 Å². The van der Waals surface area contributed by atoms with Gasteiger partial charge in [0.2, 0.25) is 0 Å². The Labute approximate surface area is 133 Å². The van der Waals surface area contributed by atoms with Crippen LogP contribution in [0.5, 0.6) is 11.5 Å². The largest absolute Gasteiger partial charge is 0.497 e. The summed E-state index contributed by atoms with van der Waals surface area (Å²) in [5.74, 6) is 1.81. The zero-order valence-corrected chi connectivity index (χ0v) is 14.3. The van der Waals surface area contributed by atoms with Crippen LogP contribution in [0.15, 0.2) is 24.3 Å². The summed E-state index contributed by atoms with van der Waals surface area (Å²) in [6.07, 6.45) is 4.37. The Bertz CT molecular complexity index is 604. The number of aryl methyl sites for hydroxylation is 4. The van der Waals surface area contributed by atoms with Gasteiger partial charge in [0.1, 0.15) is 11.5 Å². The molecule has 0 aliphatic carbocycles. The number of hydrogen-bond donors (Lipinski definition) is 0. The molecular formula is C20H24O2. The summed E-state index contributed by atoms with van der Waals surface area (Å²) >= 11 is 0. The second-order valence-electron chi connectivity index (χ2n) is 5.68. The van der Waals surface area contributed by atoms with E-state index in [9.17, 15) is 0 Å². The molecule has 0 fully saturated rings. The third-order valence-electron chi connectivity index (χ3n) is 4.02. The number of rotatable bonds is 4. The molecule has 2 nitrogen and oxygen atoms in total. The molecule has 0 aromatic heterocycles. The highest BCUT2D eigenvalue weighted by atomic mass is 16.5. The maximum absolute atomic E-state index is 5.32. The number of benzene rings is 2. The third kappa shape index (κ3) is 3.33. The van der Waals surface area contributed by atoms with E-state index in [1.165, 1.54) is 33.4 Å². The molecule has 0 amide bonds. The average Bonchev–Trinajstić information content (AvgIpc) is 2.47. The van der Waals surface area contributed by atoms with Crippen molar-refractivity contribution in [3.63, 3.8) is 0 Å². The highest BCUT2D eigenvalue weighted by Crippen LogP contribution is 2.26. The van der Waals surface area contributed by atoms with Crippen LogP contribution < -0.4 is 9.47 Å². The molecule has 116 valence electrons. The summed E-state index contributed by atoms with van der Waals surface area (Å²) in [5, 5.41) is 0. The highest BCUT2D eigenvalue weighted by Gasteiger charge is 2.05. The summed E-state index contributed by atoms with van der Waals surface area (Å²) in [4.78, 5) is 0. The van der Waals surface area contributed by atoms with Gasteiger partial charge in [-0.1, -0.05) is 12.2 Å². The Morgan fingerprint density at radius 2 is 0.864 bits per heavy atom. The third-order valence-corrected chi connectivity index (χ3v) is 4.02. The Morgan fingerprint density at radius 1 is 0.591 bits per heavy atom. The van der Waals surface area contributed by atoms with Crippen molar-refractivity contribution in [3.8, 4) is 11.5 Å². The summed E-state index contributed by atoms with van der Waals surface area (Å²) in [5.41, 5.74) is 7.37. The summed E-state index contributed by atoms with van der Waals surface area (Å²) in [7, 11) is 3.40. The van der Waals surface area contributed by atoms with Crippen LogP contribution in [0.1, 0.15) is 33.4 Å². The minimum Gasteiger partial charge on any atom is -0.497 e. The lowest BCUT2D eigenvalue weighted by Gasteiger charge is -2.11. The van der Waals surface area contributed by atoms with E-state index in [-0.39, 0.29) is 0 Å². The first kappa shape index (κ1) is 16.2. The number of ether oxygens (including phenoxy) is 2. The lowest BCUT2D eigenvalue weighted by Crippen LogP contribution is -1.92. The number of hydrogen-bond acceptors (Lipinski definition) is 2. The van der Waals surface area contributed by atoms with E-state index in [0.29, 0.717) is 0 Å². The molecule has 0 N–H and O–H groups in total. The Morgan fingerprint density at radius 3 is 1.09 bits per heavy atom. The van der Waals surface area contributed by atoms with E-state index >= 15 is 0 Å². The molecule has 2 aromatic rings. The molecule has 2 rings (SSSR count). The molecule has 0 spiro atoms. The Balaban J connectivity index is 2.41.